The summed E-state index contributed by atoms with van der Waals surface area (Å²) in [5.74, 6) is 0. The second kappa shape index (κ2) is 6.07. The lowest BCUT2D eigenvalue weighted by Crippen LogP contribution is -2.51. The molecule has 2 fully saturated rings. The summed E-state index contributed by atoms with van der Waals surface area (Å²) in [6, 6.07) is 6.96. The monoisotopic (exact) mass is 321 g/mol. The molecule has 0 N–H and O–H groups in total. The van der Waals surface area contributed by atoms with E-state index >= 15 is 0 Å². The molecule has 3 heterocycles. The van der Waals surface area contributed by atoms with E-state index in [4.69, 9.17) is 20.8 Å². The minimum atomic E-state index is 0.679. The molecule has 0 aliphatic carbocycles. The van der Waals surface area contributed by atoms with Gasteiger partial charge in [0.2, 0.25) is 0 Å². The summed E-state index contributed by atoms with van der Waals surface area (Å²) in [4.78, 5) is 9.38. The lowest BCUT2D eigenvalue weighted by Gasteiger charge is -2.40. The molecule has 2 aliphatic rings. The van der Waals surface area contributed by atoms with Crippen LogP contribution in [0.15, 0.2) is 22.6 Å². The van der Waals surface area contributed by atoms with Crippen molar-refractivity contribution in [2.45, 2.75) is 18.9 Å². The number of anilines is 1. The molecule has 118 valence electrons. The topological polar surface area (TPSA) is 41.7 Å². The van der Waals surface area contributed by atoms with Gasteiger partial charge in [0, 0.05) is 50.5 Å². The van der Waals surface area contributed by atoms with Crippen molar-refractivity contribution in [3.8, 4) is 0 Å². The second-order valence-electron chi connectivity index (χ2n) is 5.98. The zero-order valence-electron chi connectivity index (χ0n) is 12.5. The predicted molar refractivity (Wildman–Crippen MR) is 86.6 cm³/mol. The van der Waals surface area contributed by atoms with Crippen molar-refractivity contribution in [3.63, 3.8) is 0 Å². The van der Waals surface area contributed by atoms with Crippen molar-refractivity contribution in [2.75, 3.05) is 44.3 Å². The Hall–Kier alpha value is -1.30. The summed E-state index contributed by atoms with van der Waals surface area (Å²) in [5, 5.41) is 0.691. The summed E-state index contributed by atoms with van der Waals surface area (Å²) in [6.07, 6.45) is 2.31. The molecule has 0 spiro atoms. The SMILES string of the molecule is Clc1ccc2oc(N3CCN(C4CCOCC4)CC3)nc2c1. The van der Waals surface area contributed by atoms with Gasteiger partial charge in [-0.05, 0) is 31.0 Å². The van der Waals surface area contributed by atoms with Gasteiger partial charge >= 0.3 is 0 Å². The summed E-state index contributed by atoms with van der Waals surface area (Å²) in [5.41, 5.74) is 1.63. The minimum Gasteiger partial charge on any atom is -0.423 e. The molecule has 22 heavy (non-hydrogen) atoms. The van der Waals surface area contributed by atoms with Crippen LogP contribution < -0.4 is 4.90 Å². The van der Waals surface area contributed by atoms with Crippen molar-refractivity contribution in [3.05, 3.63) is 23.2 Å². The number of rotatable bonds is 2. The second-order valence-corrected chi connectivity index (χ2v) is 6.41. The van der Waals surface area contributed by atoms with Gasteiger partial charge in [-0.3, -0.25) is 4.90 Å². The van der Waals surface area contributed by atoms with E-state index in [1.165, 1.54) is 0 Å². The van der Waals surface area contributed by atoms with E-state index in [-0.39, 0.29) is 0 Å². The van der Waals surface area contributed by atoms with Crippen molar-refractivity contribution in [1.82, 2.24) is 9.88 Å². The Balaban J connectivity index is 1.43. The highest BCUT2D eigenvalue weighted by Gasteiger charge is 2.27. The Bertz CT molecular complexity index is 646. The normalized spacial score (nSPS) is 21.6. The average molecular weight is 322 g/mol. The standard InChI is InChI=1S/C16H20ClN3O2/c17-12-1-2-15-14(11-12)18-16(22-15)20-7-5-19(6-8-20)13-3-9-21-10-4-13/h1-2,11,13H,3-10H2. The van der Waals surface area contributed by atoms with Crippen molar-refractivity contribution in [2.24, 2.45) is 0 Å². The number of hydrogen-bond donors (Lipinski definition) is 0. The van der Waals surface area contributed by atoms with Crippen LogP contribution in [0, 0.1) is 0 Å². The molecule has 2 saturated heterocycles. The van der Waals surface area contributed by atoms with E-state index in [9.17, 15) is 0 Å². The van der Waals surface area contributed by atoms with Gasteiger partial charge in [0.05, 0.1) is 0 Å². The number of piperazine rings is 1. The summed E-state index contributed by atoms with van der Waals surface area (Å²) in [7, 11) is 0. The molecule has 0 radical (unpaired) electrons. The molecular weight excluding hydrogens is 302 g/mol. The first-order chi connectivity index (χ1) is 10.8. The molecule has 4 rings (SSSR count). The van der Waals surface area contributed by atoms with E-state index in [0.29, 0.717) is 17.1 Å². The maximum Gasteiger partial charge on any atom is 0.298 e. The highest BCUT2D eigenvalue weighted by atomic mass is 35.5. The number of fused-ring (bicyclic) bond motifs is 1. The molecule has 0 atom stereocenters. The molecule has 2 aliphatic heterocycles. The lowest BCUT2D eigenvalue weighted by atomic mass is 10.1. The molecule has 0 unspecified atom stereocenters. The first-order valence-electron chi connectivity index (χ1n) is 7.92. The average Bonchev–Trinajstić information content (AvgIpc) is 2.99. The zero-order chi connectivity index (χ0) is 14.9. The Morgan fingerprint density at radius 1 is 1.09 bits per heavy atom. The Labute approximate surface area is 134 Å². The molecule has 0 saturated carbocycles. The third-order valence-electron chi connectivity index (χ3n) is 4.63. The number of benzene rings is 1. The quantitative estimate of drug-likeness (QED) is 0.851. The zero-order valence-corrected chi connectivity index (χ0v) is 13.3. The summed E-state index contributed by atoms with van der Waals surface area (Å²) >= 11 is 6.01. The fourth-order valence-corrected chi connectivity index (χ4v) is 3.52. The van der Waals surface area contributed by atoms with Gasteiger partial charge in [0.1, 0.15) is 5.52 Å². The summed E-state index contributed by atoms with van der Waals surface area (Å²) < 4.78 is 11.3. The number of halogens is 1. The van der Waals surface area contributed by atoms with Crippen LogP contribution in [0.5, 0.6) is 0 Å². The fraction of sp³-hybridized carbons (Fsp3) is 0.562. The molecule has 5 nitrogen and oxygen atoms in total. The van der Waals surface area contributed by atoms with Crippen LogP contribution in [-0.2, 0) is 4.74 Å². The molecule has 2 aromatic rings. The van der Waals surface area contributed by atoms with Crippen LogP contribution in [0.3, 0.4) is 0 Å². The van der Waals surface area contributed by atoms with Crippen LogP contribution in [0.1, 0.15) is 12.8 Å². The van der Waals surface area contributed by atoms with E-state index in [1.807, 2.05) is 18.2 Å². The van der Waals surface area contributed by atoms with Crippen LogP contribution in [0.2, 0.25) is 5.02 Å². The van der Waals surface area contributed by atoms with E-state index in [0.717, 1.165) is 63.3 Å². The number of ether oxygens (including phenoxy) is 1. The van der Waals surface area contributed by atoms with Crippen LogP contribution in [-0.4, -0.2) is 55.3 Å². The van der Waals surface area contributed by atoms with Gasteiger partial charge in [-0.15, -0.1) is 0 Å². The molecule has 1 aromatic carbocycles. The third kappa shape index (κ3) is 2.81. The van der Waals surface area contributed by atoms with Crippen LogP contribution in [0.4, 0.5) is 6.01 Å². The highest BCUT2D eigenvalue weighted by Crippen LogP contribution is 2.26. The van der Waals surface area contributed by atoms with Gasteiger partial charge in [-0.25, -0.2) is 0 Å². The first-order valence-corrected chi connectivity index (χ1v) is 8.30. The van der Waals surface area contributed by atoms with E-state index in [2.05, 4.69) is 14.8 Å². The van der Waals surface area contributed by atoms with Crippen molar-refractivity contribution >= 4 is 28.7 Å². The van der Waals surface area contributed by atoms with Crippen molar-refractivity contribution in [1.29, 1.82) is 0 Å². The van der Waals surface area contributed by atoms with Gasteiger partial charge in [0.25, 0.3) is 6.01 Å². The maximum absolute atomic E-state index is 6.01. The Kier molecular flexibility index (Phi) is 3.94. The van der Waals surface area contributed by atoms with Gasteiger partial charge in [-0.1, -0.05) is 11.6 Å². The molecule has 0 bridgehead atoms. The van der Waals surface area contributed by atoms with Crippen LogP contribution in [0.25, 0.3) is 11.1 Å². The molecule has 6 heteroatoms. The van der Waals surface area contributed by atoms with E-state index < -0.39 is 0 Å². The fourth-order valence-electron chi connectivity index (χ4n) is 3.35. The number of aromatic nitrogens is 1. The molecular formula is C16H20ClN3O2. The van der Waals surface area contributed by atoms with Crippen molar-refractivity contribution < 1.29 is 9.15 Å². The van der Waals surface area contributed by atoms with Crippen LogP contribution >= 0.6 is 11.6 Å². The lowest BCUT2D eigenvalue weighted by molar-refractivity contribution is 0.0318. The number of oxazole rings is 1. The van der Waals surface area contributed by atoms with Gasteiger partial charge in [0.15, 0.2) is 5.58 Å². The van der Waals surface area contributed by atoms with Gasteiger partial charge < -0.3 is 14.1 Å². The highest BCUT2D eigenvalue weighted by molar-refractivity contribution is 6.31. The number of hydrogen-bond acceptors (Lipinski definition) is 5. The Morgan fingerprint density at radius 3 is 2.64 bits per heavy atom. The smallest absolute Gasteiger partial charge is 0.298 e. The summed E-state index contributed by atoms with van der Waals surface area (Å²) in [6.45, 7) is 5.83. The molecule has 1 aromatic heterocycles. The maximum atomic E-state index is 6.01. The molecule has 0 amide bonds. The Morgan fingerprint density at radius 2 is 1.86 bits per heavy atom. The predicted octanol–water partition coefficient (Wildman–Crippen LogP) is 2.78. The number of nitrogens with zero attached hydrogens (tertiary/aromatic N) is 3. The van der Waals surface area contributed by atoms with E-state index in [1.54, 1.807) is 0 Å². The first kappa shape index (κ1) is 14.3. The van der Waals surface area contributed by atoms with Gasteiger partial charge in [-0.2, -0.15) is 4.98 Å². The third-order valence-corrected chi connectivity index (χ3v) is 4.87. The minimum absolute atomic E-state index is 0.679. The largest absolute Gasteiger partial charge is 0.423 e.